The molecule has 0 spiro atoms. The maximum absolute atomic E-state index is 18.0. The van der Waals surface area contributed by atoms with Crippen LogP contribution in [0.5, 0.6) is 5.75 Å². The molecule has 34 heteroatoms. The molecule has 12 N–H and O–H groups in total. The first-order chi connectivity index (χ1) is 55.4. The first-order valence-electron chi connectivity index (χ1n) is 40.9. The van der Waals surface area contributed by atoms with Crippen molar-refractivity contribution in [1.82, 2.24) is 41.6 Å². The number of anilines is 2. The quantitative estimate of drug-likeness (QED) is 0.0230. The van der Waals surface area contributed by atoms with Crippen LogP contribution in [0, 0.1) is 28.6 Å². The summed E-state index contributed by atoms with van der Waals surface area (Å²) in [6, 6.07) is 8.57. The zero-order valence-corrected chi connectivity index (χ0v) is 68.3. The number of allylic oxidation sites excluding steroid dienone is 4. The number of hydrogen-bond acceptors (Lipinski definition) is 22. The Balaban J connectivity index is 0.656. The fourth-order valence-corrected chi connectivity index (χ4v) is 16.7. The van der Waals surface area contributed by atoms with Crippen LogP contribution < -0.4 is 53.4 Å². The van der Waals surface area contributed by atoms with Gasteiger partial charge in [-0.25, -0.2) is 23.1 Å². The molecule has 0 bridgehead atoms. The van der Waals surface area contributed by atoms with E-state index in [-0.39, 0.29) is 81.4 Å². The molecule has 3 saturated carbocycles. The Morgan fingerprint density at radius 1 is 0.767 bits per heavy atom. The van der Waals surface area contributed by atoms with Crippen LogP contribution in [0.1, 0.15) is 154 Å². The van der Waals surface area contributed by atoms with Gasteiger partial charge in [-0.05, 0) is 155 Å². The van der Waals surface area contributed by atoms with Gasteiger partial charge in [0.25, 0.3) is 0 Å². The van der Waals surface area contributed by atoms with Gasteiger partial charge in [0, 0.05) is 47.6 Å². The van der Waals surface area contributed by atoms with Crippen LogP contribution >= 0.6 is 0 Å². The number of urea groups is 1. The minimum Gasteiger partial charge on any atom is -0.486 e. The highest BCUT2D eigenvalue weighted by Gasteiger charge is 2.80. The highest BCUT2D eigenvalue weighted by atomic mass is 19.1. The highest BCUT2D eigenvalue weighted by molar-refractivity contribution is 6.02. The normalized spacial score (nSPS) is 25.4. The van der Waals surface area contributed by atoms with Crippen LogP contribution in [0.3, 0.4) is 0 Å². The summed E-state index contributed by atoms with van der Waals surface area (Å²) >= 11 is 0. The molecule has 2 unspecified atom stereocenters. The van der Waals surface area contributed by atoms with Crippen LogP contribution in [0.25, 0.3) is 0 Å². The van der Waals surface area contributed by atoms with E-state index in [9.17, 15) is 48.3 Å². The number of carbonyl (C=O) groups is 9. The van der Waals surface area contributed by atoms with Gasteiger partial charge >= 0.3 is 12.1 Å². The number of alkyl halides is 2. The van der Waals surface area contributed by atoms with Gasteiger partial charge in [0.05, 0.1) is 118 Å². The number of nitrogens with one attached hydrogen (secondary N) is 7. The lowest BCUT2D eigenvalue weighted by Gasteiger charge is -2.63. The second-order valence-corrected chi connectivity index (χ2v) is 32.7. The molecular formula is C82H122F2N13O19+. The minimum atomic E-state index is -2.36. The molecule has 8 amide bonds. The number of ketones is 2. The van der Waals surface area contributed by atoms with E-state index in [0.29, 0.717) is 128 Å². The van der Waals surface area contributed by atoms with Crippen molar-refractivity contribution in [1.29, 1.82) is 0 Å². The largest absolute Gasteiger partial charge is 0.486 e. The molecule has 9 rings (SSSR count). The SMILES string of the molecule is CCCC1O[C@@H]2C[C@H]3[C@@H]4C[C@H](F)C5=CC(=O)C=C[C@]5(C)[C@@]4(F)[C@@H](O)C[C@]3(C)[C@]2(C(=O)COc2ccc(NC(=O)OCc3ccc(NC(=O)[C@H](CCCNC(N)=O)NC(=O)[C@@H](NC(=O)[C@H](N)CCCCNC(=O)COC4CCCCCc5c4nnn5CCOCCOCCOCCOCCC(=O)NCC[N+](C)(C)C)C(C)C)cc3)cc2)O1. The van der Waals surface area contributed by atoms with Crippen molar-refractivity contribution in [3.05, 3.63) is 89.3 Å². The van der Waals surface area contributed by atoms with Gasteiger partial charge < -0.3 is 95.6 Å². The maximum atomic E-state index is 18.0. The summed E-state index contributed by atoms with van der Waals surface area (Å²) in [4.78, 5) is 118. The van der Waals surface area contributed by atoms with Gasteiger partial charge in [0.2, 0.25) is 35.3 Å². The van der Waals surface area contributed by atoms with Crippen LogP contribution in [0.15, 0.2) is 72.3 Å². The smallest absolute Gasteiger partial charge is 0.411 e. The average Bonchev–Trinajstić information content (AvgIpc) is 1.47. The Morgan fingerprint density at radius 2 is 1.44 bits per heavy atom. The molecule has 642 valence electrons. The van der Waals surface area contributed by atoms with Crippen LogP contribution in [0.2, 0.25) is 0 Å². The van der Waals surface area contributed by atoms with E-state index < -0.39 is 137 Å². The van der Waals surface area contributed by atoms with Crippen molar-refractivity contribution in [2.75, 3.05) is 124 Å². The van der Waals surface area contributed by atoms with Gasteiger partial charge in [-0.2, -0.15) is 0 Å². The summed E-state index contributed by atoms with van der Waals surface area (Å²) in [7, 11) is 6.22. The van der Waals surface area contributed by atoms with Crippen molar-refractivity contribution in [3.8, 4) is 5.75 Å². The van der Waals surface area contributed by atoms with Crippen LogP contribution in [-0.2, 0) is 91.0 Å². The number of likely N-dealkylation sites (N-methyl/N-ethyl adjacent to an activating group) is 1. The number of Topliss-reactive ketones (excluding diaryl/α,β-unsaturated/α-hetero) is 1. The third-order valence-electron chi connectivity index (χ3n) is 23.0. The molecule has 3 aromatic rings. The third kappa shape index (κ3) is 23.9. The summed E-state index contributed by atoms with van der Waals surface area (Å²) in [6.07, 6.45) is 4.58. The van der Waals surface area contributed by atoms with E-state index in [1.54, 1.807) is 69.3 Å². The van der Waals surface area contributed by atoms with Crippen molar-refractivity contribution in [2.24, 2.45) is 40.1 Å². The Hall–Kier alpha value is -8.45. The number of unbranched alkanes of at least 4 members (excludes halogenated alkanes) is 1. The molecule has 6 aliphatic rings. The van der Waals surface area contributed by atoms with E-state index in [4.69, 9.17) is 54.1 Å². The van der Waals surface area contributed by atoms with Crippen molar-refractivity contribution < 1.29 is 104 Å². The molecule has 1 saturated heterocycles. The lowest BCUT2D eigenvalue weighted by Crippen LogP contribution is -2.71. The Morgan fingerprint density at radius 3 is 2.13 bits per heavy atom. The van der Waals surface area contributed by atoms with Gasteiger partial charge in [0.15, 0.2) is 23.3 Å². The number of ether oxygens (including phenoxy) is 9. The molecule has 4 fully saturated rings. The van der Waals surface area contributed by atoms with E-state index in [1.165, 1.54) is 19.1 Å². The number of amides is 8. The number of carbonyl (C=O) groups excluding carboxylic acids is 9. The number of fused-ring (bicyclic) bond motifs is 8. The highest BCUT2D eigenvalue weighted by Crippen LogP contribution is 2.72. The Labute approximate surface area is 677 Å². The second-order valence-electron chi connectivity index (χ2n) is 32.7. The summed E-state index contributed by atoms with van der Waals surface area (Å²) in [5, 5.41) is 40.1. The maximum Gasteiger partial charge on any atom is 0.411 e. The number of benzene rings is 2. The fourth-order valence-electron chi connectivity index (χ4n) is 16.7. The number of aliphatic hydroxyl groups excluding tert-OH is 1. The van der Waals surface area contributed by atoms with Gasteiger partial charge in [0.1, 0.15) is 55.6 Å². The van der Waals surface area contributed by atoms with Gasteiger partial charge in [-0.15, -0.1) is 5.10 Å². The molecule has 14 atom stereocenters. The molecular weight excluding hydrogens is 1510 g/mol. The number of quaternary nitrogens is 1. The van der Waals surface area contributed by atoms with Crippen molar-refractivity contribution in [2.45, 2.75) is 211 Å². The number of aromatic nitrogens is 3. The number of rotatable bonds is 46. The molecule has 2 aromatic carbocycles. The second kappa shape index (κ2) is 42.8. The van der Waals surface area contributed by atoms with Crippen molar-refractivity contribution in [3.63, 3.8) is 0 Å². The predicted octanol–water partition coefficient (Wildman–Crippen LogP) is 5.96. The molecule has 32 nitrogen and oxygen atoms in total. The van der Waals surface area contributed by atoms with E-state index in [1.807, 2.05) is 11.6 Å². The summed E-state index contributed by atoms with van der Waals surface area (Å²) in [6.45, 7) is 13.4. The van der Waals surface area contributed by atoms with Gasteiger partial charge in [-0.3, -0.25) is 38.9 Å². The Bertz CT molecular complexity index is 3870. The topological polar surface area (TPSA) is 424 Å². The number of halogens is 2. The lowest BCUT2D eigenvalue weighted by atomic mass is 9.44. The number of aliphatic hydroxyl groups is 1. The first kappa shape index (κ1) is 91.4. The van der Waals surface area contributed by atoms with E-state index in [2.05, 4.69) is 68.7 Å². The standard InChI is InChI=1S/C82H121F2N13O19/c1-9-16-71-115-68-47-58-59-46-61(83)60-45-56(98)29-31-79(60,4)81(59,84)66(99)48-80(58,5)82(68,116-71)67(100)50-112-57-27-25-55(26-28-57)91-78(107)114-49-53-21-23-54(24-22-53)90-75(104)63(18-15-33-89-77(86)106)92-76(105)72(52(2)3)93-74(103)62(85)17-13-14-32-87-70(102)51-113-65-20-12-10-11-19-64-73(65)94-95-96(64)35-38-109-40-42-111-44-43-110-41-39-108-37-30-69(101)88-34-36-97(6,7)8/h21-29,31,45,52,58-59,61-63,65-66,68,71-72,99H,9-20,30,32-44,46-51,85H2,1-8H3,(H8-,86,87,88,89,90,91,92,93,101,102,103,104,105,106,107)/p+1/t58-,59-,61-,62+,63-,65?,66-,68+,71?,72-,79-,80-,81-,82+/m0/s1. The zero-order valence-electron chi connectivity index (χ0n) is 68.3. The lowest BCUT2D eigenvalue weighted by molar-refractivity contribution is -0.869. The third-order valence-corrected chi connectivity index (χ3v) is 23.0. The van der Waals surface area contributed by atoms with Crippen molar-refractivity contribution >= 4 is 64.6 Å². The monoisotopic (exact) mass is 1630 g/mol. The van der Waals surface area contributed by atoms with Crippen LogP contribution in [0.4, 0.5) is 29.7 Å². The summed E-state index contributed by atoms with van der Waals surface area (Å²) in [5.74, 6) is -4.97. The van der Waals surface area contributed by atoms with Crippen LogP contribution in [-0.4, -0.2) is 245 Å². The molecule has 1 aliphatic heterocycles. The number of nitrogens with two attached hydrogens (primary N) is 2. The Kier molecular flexibility index (Phi) is 33.7. The first-order valence-corrected chi connectivity index (χ1v) is 40.9. The zero-order chi connectivity index (χ0) is 83.8. The number of primary amides is 1. The predicted molar refractivity (Wildman–Crippen MR) is 422 cm³/mol. The molecule has 116 heavy (non-hydrogen) atoms. The van der Waals surface area contributed by atoms with E-state index in [0.717, 1.165) is 54.2 Å². The molecule has 5 aliphatic carbocycles. The number of nitrogens with zero attached hydrogens (tertiary/aromatic N) is 4. The van der Waals surface area contributed by atoms with Gasteiger partial charge in [-0.1, -0.05) is 70.4 Å². The fraction of sp³-hybridized carbons (Fsp3) is 0.671. The molecule has 0 radical (unpaired) electrons. The number of hydrogen-bond donors (Lipinski definition) is 10. The minimum absolute atomic E-state index is 0.00237. The average molecular weight is 1630 g/mol. The molecule has 2 heterocycles. The van der Waals surface area contributed by atoms with E-state index >= 15 is 8.78 Å². The molecule has 1 aromatic heterocycles. The summed E-state index contributed by atoms with van der Waals surface area (Å²) in [5.41, 5.74) is 7.70. The summed E-state index contributed by atoms with van der Waals surface area (Å²) < 4.78 is 90.1.